The minimum absolute atomic E-state index is 0.142. The average Bonchev–Trinajstić information content (AvgIpc) is 3.10. The van der Waals surface area contributed by atoms with Crippen molar-refractivity contribution in [3.05, 3.63) is 64.2 Å². The van der Waals surface area contributed by atoms with Gasteiger partial charge < -0.3 is 9.88 Å². The molecule has 0 aliphatic rings. The second-order valence-electron chi connectivity index (χ2n) is 6.63. The molecule has 142 valence electrons. The number of hydrogen-bond acceptors (Lipinski definition) is 5. The van der Waals surface area contributed by atoms with Gasteiger partial charge >= 0.3 is 0 Å². The van der Waals surface area contributed by atoms with E-state index in [9.17, 15) is 9.59 Å². The molecule has 4 rings (SSSR count). The predicted molar refractivity (Wildman–Crippen MR) is 113 cm³/mol. The first kappa shape index (κ1) is 18.3. The van der Waals surface area contributed by atoms with Crippen molar-refractivity contribution in [3.63, 3.8) is 0 Å². The van der Waals surface area contributed by atoms with Gasteiger partial charge in [0.1, 0.15) is 5.82 Å². The van der Waals surface area contributed by atoms with Gasteiger partial charge in [-0.1, -0.05) is 36.5 Å². The largest absolute Gasteiger partial charge is 0.332 e. The SMILES string of the molecule is CCc1ccc2nc(NC(=O)CCc3nc(=O)c4ccccc4n3C)sc2c1. The number of hydrogen-bond donors (Lipinski definition) is 1. The zero-order valence-electron chi connectivity index (χ0n) is 15.7. The third kappa shape index (κ3) is 3.53. The highest BCUT2D eigenvalue weighted by molar-refractivity contribution is 7.22. The molecule has 0 atom stereocenters. The van der Waals surface area contributed by atoms with E-state index in [4.69, 9.17) is 0 Å². The molecule has 0 fully saturated rings. The summed E-state index contributed by atoms with van der Waals surface area (Å²) in [5, 5.41) is 4.04. The van der Waals surface area contributed by atoms with Gasteiger partial charge in [0.05, 0.1) is 21.1 Å². The number of amides is 1. The van der Waals surface area contributed by atoms with Crippen LogP contribution in [0.4, 0.5) is 5.13 Å². The molecule has 0 saturated carbocycles. The van der Waals surface area contributed by atoms with Crippen LogP contribution in [0.2, 0.25) is 0 Å². The van der Waals surface area contributed by atoms with Gasteiger partial charge in [-0.3, -0.25) is 9.59 Å². The number of carbonyl (C=O) groups is 1. The topological polar surface area (TPSA) is 76.9 Å². The van der Waals surface area contributed by atoms with Gasteiger partial charge in [0.2, 0.25) is 5.91 Å². The summed E-state index contributed by atoms with van der Waals surface area (Å²) in [5.41, 5.74) is 2.69. The monoisotopic (exact) mass is 392 g/mol. The van der Waals surface area contributed by atoms with Gasteiger partial charge in [-0.05, 0) is 36.2 Å². The van der Waals surface area contributed by atoms with Gasteiger partial charge in [0.25, 0.3) is 5.56 Å². The quantitative estimate of drug-likeness (QED) is 0.562. The van der Waals surface area contributed by atoms with E-state index in [-0.39, 0.29) is 17.9 Å². The Morgan fingerprint density at radius 1 is 1.18 bits per heavy atom. The Balaban J connectivity index is 1.48. The molecule has 1 amide bonds. The number of anilines is 1. The summed E-state index contributed by atoms with van der Waals surface area (Å²) in [4.78, 5) is 33.2. The van der Waals surface area contributed by atoms with E-state index in [1.165, 1.54) is 16.9 Å². The Hall–Kier alpha value is -3.06. The molecular formula is C21H20N4O2S. The Morgan fingerprint density at radius 2 is 2.00 bits per heavy atom. The number of carbonyl (C=O) groups excluding carboxylic acids is 1. The second-order valence-corrected chi connectivity index (χ2v) is 7.66. The number of para-hydroxylation sites is 1. The Kier molecular flexibility index (Phi) is 4.92. The Morgan fingerprint density at radius 3 is 2.82 bits per heavy atom. The standard InChI is InChI=1S/C21H20N4O2S/c1-3-13-8-9-15-17(12-13)28-21(22-15)24-19(26)11-10-18-23-20(27)14-6-4-5-7-16(14)25(18)2/h4-9,12H,3,10-11H2,1-2H3,(H,22,24,26). The molecule has 0 aliphatic heterocycles. The summed E-state index contributed by atoms with van der Waals surface area (Å²) in [6.07, 6.45) is 1.58. The molecule has 2 aromatic heterocycles. The van der Waals surface area contributed by atoms with E-state index < -0.39 is 0 Å². The van der Waals surface area contributed by atoms with Crippen LogP contribution in [0.5, 0.6) is 0 Å². The van der Waals surface area contributed by atoms with Crippen LogP contribution in [-0.2, 0) is 24.7 Å². The van der Waals surface area contributed by atoms with Crippen molar-refractivity contribution < 1.29 is 4.79 Å². The normalized spacial score (nSPS) is 11.2. The molecule has 0 saturated heterocycles. The van der Waals surface area contributed by atoms with Crippen LogP contribution in [-0.4, -0.2) is 20.4 Å². The fourth-order valence-electron chi connectivity index (χ4n) is 3.21. The van der Waals surface area contributed by atoms with E-state index in [0.717, 1.165) is 22.2 Å². The molecule has 7 heteroatoms. The molecule has 4 aromatic rings. The number of nitrogens with one attached hydrogen (secondary N) is 1. The number of nitrogens with zero attached hydrogens (tertiary/aromatic N) is 3. The maximum Gasteiger partial charge on any atom is 0.280 e. The van der Waals surface area contributed by atoms with Crippen molar-refractivity contribution in [1.82, 2.24) is 14.5 Å². The summed E-state index contributed by atoms with van der Waals surface area (Å²) in [6.45, 7) is 2.11. The van der Waals surface area contributed by atoms with Crippen molar-refractivity contribution in [3.8, 4) is 0 Å². The molecule has 6 nitrogen and oxygen atoms in total. The number of aromatic nitrogens is 3. The van der Waals surface area contributed by atoms with Crippen LogP contribution in [0.15, 0.2) is 47.3 Å². The smallest absolute Gasteiger partial charge is 0.280 e. The van der Waals surface area contributed by atoms with E-state index >= 15 is 0 Å². The molecule has 2 heterocycles. The number of benzene rings is 2. The van der Waals surface area contributed by atoms with Crippen molar-refractivity contribution >= 4 is 43.5 Å². The average molecular weight is 392 g/mol. The summed E-state index contributed by atoms with van der Waals surface area (Å²) < 4.78 is 2.93. The van der Waals surface area contributed by atoms with Crippen LogP contribution in [0.1, 0.15) is 24.7 Å². The lowest BCUT2D eigenvalue weighted by Crippen LogP contribution is -2.19. The van der Waals surface area contributed by atoms with Crippen molar-refractivity contribution in [2.45, 2.75) is 26.2 Å². The van der Waals surface area contributed by atoms with E-state index in [0.29, 0.717) is 22.8 Å². The minimum atomic E-state index is -0.262. The fraction of sp³-hybridized carbons (Fsp3) is 0.238. The summed E-state index contributed by atoms with van der Waals surface area (Å²) in [5.74, 6) is 0.452. The van der Waals surface area contributed by atoms with Crippen LogP contribution >= 0.6 is 11.3 Å². The van der Waals surface area contributed by atoms with E-state index in [1.807, 2.05) is 35.9 Å². The first-order valence-electron chi connectivity index (χ1n) is 9.19. The van der Waals surface area contributed by atoms with Crippen LogP contribution < -0.4 is 10.9 Å². The molecule has 0 radical (unpaired) electrons. The Bertz CT molecular complexity index is 1240. The minimum Gasteiger partial charge on any atom is -0.332 e. The third-order valence-corrected chi connectivity index (χ3v) is 5.73. The molecule has 1 N–H and O–H groups in total. The number of fused-ring (bicyclic) bond motifs is 2. The van der Waals surface area contributed by atoms with Crippen LogP contribution in [0, 0.1) is 0 Å². The highest BCUT2D eigenvalue weighted by Crippen LogP contribution is 2.27. The van der Waals surface area contributed by atoms with Gasteiger partial charge in [-0.2, -0.15) is 4.98 Å². The number of thiazole rings is 1. The van der Waals surface area contributed by atoms with E-state index in [2.05, 4.69) is 34.3 Å². The van der Waals surface area contributed by atoms with E-state index in [1.54, 1.807) is 6.07 Å². The zero-order chi connectivity index (χ0) is 19.7. The van der Waals surface area contributed by atoms with Gasteiger partial charge in [-0.25, -0.2) is 4.98 Å². The molecule has 0 aliphatic carbocycles. The molecule has 0 unspecified atom stereocenters. The first-order chi connectivity index (χ1) is 13.5. The summed E-state index contributed by atoms with van der Waals surface area (Å²) in [7, 11) is 1.86. The second kappa shape index (κ2) is 7.52. The zero-order valence-corrected chi connectivity index (χ0v) is 16.5. The van der Waals surface area contributed by atoms with Crippen molar-refractivity contribution in [2.75, 3.05) is 5.32 Å². The summed E-state index contributed by atoms with van der Waals surface area (Å²) in [6, 6.07) is 13.5. The lowest BCUT2D eigenvalue weighted by atomic mass is 10.2. The van der Waals surface area contributed by atoms with Gasteiger partial charge in [0.15, 0.2) is 5.13 Å². The molecule has 0 bridgehead atoms. The fourth-order valence-corrected chi connectivity index (χ4v) is 4.16. The Labute approximate surface area is 165 Å². The van der Waals surface area contributed by atoms with Crippen molar-refractivity contribution in [1.29, 1.82) is 0 Å². The lowest BCUT2D eigenvalue weighted by molar-refractivity contribution is -0.116. The third-order valence-electron chi connectivity index (χ3n) is 4.80. The number of aryl methyl sites for hydroxylation is 3. The lowest BCUT2D eigenvalue weighted by Gasteiger charge is -2.10. The molecule has 0 spiro atoms. The van der Waals surface area contributed by atoms with Gasteiger partial charge in [0, 0.05) is 19.9 Å². The summed E-state index contributed by atoms with van der Waals surface area (Å²) >= 11 is 1.47. The number of rotatable bonds is 5. The van der Waals surface area contributed by atoms with Crippen molar-refractivity contribution in [2.24, 2.45) is 7.05 Å². The maximum atomic E-state index is 12.4. The first-order valence-corrected chi connectivity index (χ1v) is 10.0. The highest BCUT2D eigenvalue weighted by Gasteiger charge is 2.12. The van der Waals surface area contributed by atoms with Crippen LogP contribution in [0.25, 0.3) is 21.1 Å². The molecule has 2 aromatic carbocycles. The highest BCUT2D eigenvalue weighted by atomic mass is 32.1. The molecule has 28 heavy (non-hydrogen) atoms. The van der Waals surface area contributed by atoms with Gasteiger partial charge in [-0.15, -0.1) is 0 Å². The predicted octanol–water partition coefficient (Wildman–Crippen LogP) is 3.68. The molecular weight excluding hydrogens is 372 g/mol. The van der Waals surface area contributed by atoms with Crippen LogP contribution in [0.3, 0.4) is 0 Å². The maximum absolute atomic E-state index is 12.4.